The maximum Gasteiger partial charge on any atom is 0.234 e. The number of nitrogens with one attached hydrogen (secondary N) is 1. The van der Waals surface area contributed by atoms with Crippen LogP contribution >= 0.6 is 0 Å². The topological polar surface area (TPSA) is 60.2 Å². The average Bonchev–Trinajstić information content (AvgIpc) is 2.98. The zero-order valence-corrected chi connectivity index (χ0v) is 11.5. The molecule has 1 N–H and O–H groups in total. The highest BCUT2D eigenvalue weighted by molar-refractivity contribution is 5.11. The van der Waals surface area contributed by atoms with Crippen LogP contribution in [0.1, 0.15) is 45.3 Å². The van der Waals surface area contributed by atoms with Crippen molar-refractivity contribution in [3.8, 4) is 0 Å². The highest BCUT2D eigenvalue weighted by atomic mass is 16.5. The largest absolute Gasteiger partial charge is 0.373 e. The molecule has 1 saturated heterocycles. The van der Waals surface area contributed by atoms with Gasteiger partial charge in [-0.1, -0.05) is 25.9 Å². The smallest absolute Gasteiger partial charge is 0.234 e. The SMILES string of the molecule is CCCOCc1noc(C2(C(C)C)CCNC2)n1. The van der Waals surface area contributed by atoms with E-state index in [9.17, 15) is 0 Å². The van der Waals surface area contributed by atoms with E-state index < -0.39 is 0 Å². The maximum absolute atomic E-state index is 5.46. The Balaban J connectivity index is 2.07. The number of nitrogens with zero attached hydrogens (tertiary/aromatic N) is 2. The quantitative estimate of drug-likeness (QED) is 0.784. The zero-order chi connectivity index (χ0) is 13.0. The van der Waals surface area contributed by atoms with Crippen LogP contribution < -0.4 is 5.32 Å². The summed E-state index contributed by atoms with van der Waals surface area (Å²) in [6.07, 6.45) is 2.06. The number of aromatic nitrogens is 2. The minimum absolute atomic E-state index is 0.00396. The van der Waals surface area contributed by atoms with Gasteiger partial charge in [-0.05, 0) is 25.3 Å². The summed E-state index contributed by atoms with van der Waals surface area (Å²) in [4.78, 5) is 4.51. The molecule has 0 aliphatic carbocycles. The van der Waals surface area contributed by atoms with E-state index in [1.54, 1.807) is 0 Å². The lowest BCUT2D eigenvalue weighted by Crippen LogP contribution is -2.35. The zero-order valence-electron chi connectivity index (χ0n) is 11.5. The third-order valence-corrected chi connectivity index (χ3v) is 3.77. The molecule has 1 fully saturated rings. The van der Waals surface area contributed by atoms with E-state index in [0.29, 0.717) is 18.3 Å². The minimum atomic E-state index is -0.00396. The lowest BCUT2D eigenvalue weighted by Gasteiger charge is -2.27. The van der Waals surface area contributed by atoms with Crippen molar-refractivity contribution in [3.05, 3.63) is 11.7 Å². The Morgan fingerprint density at radius 1 is 1.50 bits per heavy atom. The molecule has 102 valence electrons. The molecular formula is C13H23N3O2. The van der Waals surface area contributed by atoms with Crippen molar-refractivity contribution < 1.29 is 9.26 Å². The van der Waals surface area contributed by atoms with Crippen LogP contribution in [0.2, 0.25) is 0 Å². The molecule has 0 amide bonds. The van der Waals surface area contributed by atoms with Crippen molar-refractivity contribution in [2.45, 2.75) is 45.6 Å². The molecule has 18 heavy (non-hydrogen) atoms. The average molecular weight is 253 g/mol. The second-order valence-electron chi connectivity index (χ2n) is 5.31. The van der Waals surface area contributed by atoms with E-state index in [4.69, 9.17) is 9.26 Å². The first-order chi connectivity index (χ1) is 8.69. The van der Waals surface area contributed by atoms with E-state index in [1.165, 1.54) is 0 Å². The summed E-state index contributed by atoms with van der Waals surface area (Å²) in [7, 11) is 0. The second kappa shape index (κ2) is 5.80. The molecule has 0 saturated carbocycles. The molecule has 1 aliphatic rings. The monoisotopic (exact) mass is 253 g/mol. The minimum Gasteiger partial charge on any atom is -0.373 e. The summed E-state index contributed by atoms with van der Waals surface area (Å²) < 4.78 is 10.9. The van der Waals surface area contributed by atoms with Gasteiger partial charge in [0.15, 0.2) is 5.82 Å². The number of hydrogen-bond donors (Lipinski definition) is 1. The van der Waals surface area contributed by atoms with Crippen LogP contribution in [0.5, 0.6) is 0 Å². The fourth-order valence-electron chi connectivity index (χ4n) is 2.46. The summed E-state index contributed by atoms with van der Waals surface area (Å²) in [6, 6.07) is 0. The molecule has 1 unspecified atom stereocenters. The number of ether oxygens (including phenoxy) is 1. The molecule has 0 aromatic carbocycles. The third kappa shape index (κ3) is 2.57. The van der Waals surface area contributed by atoms with Gasteiger partial charge in [-0.3, -0.25) is 0 Å². The molecule has 2 heterocycles. The Morgan fingerprint density at radius 3 is 2.94 bits per heavy atom. The van der Waals surface area contributed by atoms with Gasteiger partial charge in [0.05, 0.1) is 5.41 Å². The molecule has 0 radical (unpaired) electrons. The van der Waals surface area contributed by atoms with E-state index >= 15 is 0 Å². The first kappa shape index (κ1) is 13.5. The van der Waals surface area contributed by atoms with Crippen LogP contribution in [0.15, 0.2) is 4.52 Å². The first-order valence-corrected chi connectivity index (χ1v) is 6.80. The van der Waals surface area contributed by atoms with Gasteiger partial charge in [-0.2, -0.15) is 4.98 Å². The van der Waals surface area contributed by atoms with Crippen molar-refractivity contribution in [3.63, 3.8) is 0 Å². The molecule has 5 nitrogen and oxygen atoms in total. The third-order valence-electron chi connectivity index (χ3n) is 3.77. The van der Waals surface area contributed by atoms with Crippen LogP contribution in [0.25, 0.3) is 0 Å². The van der Waals surface area contributed by atoms with E-state index in [2.05, 4.69) is 36.2 Å². The number of rotatable bonds is 6. The second-order valence-corrected chi connectivity index (χ2v) is 5.31. The predicted molar refractivity (Wildman–Crippen MR) is 68.2 cm³/mol. The lowest BCUT2D eigenvalue weighted by atomic mass is 9.76. The molecule has 0 bridgehead atoms. The van der Waals surface area contributed by atoms with Gasteiger partial charge >= 0.3 is 0 Å². The molecule has 1 aromatic heterocycles. The summed E-state index contributed by atoms with van der Waals surface area (Å²) >= 11 is 0. The van der Waals surface area contributed by atoms with Crippen LogP contribution in [-0.4, -0.2) is 29.8 Å². The Hall–Kier alpha value is -0.940. The van der Waals surface area contributed by atoms with Gasteiger partial charge in [0, 0.05) is 13.2 Å². The van der Waals surface area contributed by atoms with Crippen molar-refractivity contribution in [1.82, 2.24) is 15.5 Å². The first-order valence-electron chi connectivity index (χ1n) is 6.80. The van der Waals surface area contributed by atoms with Gasteiger partial charge in [0.25, 0.3) is 0 Å². The molecule has 1 aliphatic heterocycles. The van der Waals surface area contributed by atoms with Crippen molar-refractivity contribution >= 4 is 0 Å². The highest BCUT2D eigenvalue weighted by Crippen LogP contribution is 2.36. The summed E-state index contributed by atoms with van der Waals surface area (Å²) in [5, 5.41) is 7.42. The van der Waals surface area contributed by atoms with Gasteiger partial charge in [0.2, 0.25) is 5.89 Å². The predicted octanol–water partition coefficient (Wildman–Crippen LogP) is 1.88. The van der Waals surface area contributed by atoms with E-state index in [0.717, 1.165) is 38.4 Å². The van der Waals surface area contributed by atoms with Crippen molar-refractivity contribution in [2.75, 3.05) is 19.7 Å². The summed E-state index contributed by atoms with van der Waals surface area (Å²) in [6.45, 7) is 9.62. The van der Waals surface area contributed by atoms with Crippen molar-refractivity contribution in [2.24, 2.45) is 5.92 Å². The van der Waals surface area contributed by atoms with Gasteiger partial charge in [-0.25, -0.2) is 0 Å². The molecular weight excluding hydrogens is 230 g/mol. The fraction of sp³-hybridized carbons (Fsp3) is 0.846. The normalized spacial score (nSPS) is 24.0. The maximum atomic E-state index is 5.46. The van der Waals surface area contributed by atoms with Crippen LogP contribution in [0.4, 0.5) is 0 Å². The Morgan fingerprint density at radius 2 is 2.33 bits per heavy atom. The number of hydrogen-bond acceptors (Lipinski definition) is 5. The highest BCUT2D eigenvalue weighted by Gasteiger charge is 2.43. The van der Waals surface area contributed by atoms with Gasteiger partial charge in [0.1, 0.15) is 6.61 Å². The summed E-state index contributed by atoms with van der Waals surface area (Å²) in [5.74, 6) is 1.90. The standard InChI is InChI=1S/C13H23N3O2/c1-4-7-17-8-11-15-12(18-16-11)13(10(2)3)5-6-14-9-13/h10,14H,4-9H2,1-3H3. The Bertz CT molecular complexity index is 370. The van der Waals surface area contributed by atoms with Gasteiger partial charge in [-0.15, -0.1) is 0 Å². The van der Waals surface area contributed by atoms with Crippen LogP contribution in [0, 0.1) is 5.92 Å². The molecule has 5 heteroatoms. The fourth-order valence-corrected chi connectivity index (χ4v) is 2.46. The van der Waals surface area contributed by atoms with Gasteiger partial charge < -0.3 is 14.6 Å². The molecule has 1 aromatic rings. The molecule has 0 spiro atoms. The Labute approximate surface area is 108 Å². The van der Waals surface area contributed by atoms with Crippen LogP contribution in [-0.2, 0) is 16.8 Å². The summed E-state index contributed by atoms with van der Waals surface area (Å²) in [5.41, 5.74) is -0.00396. The van der Waals surface area contributed by atoms with Crippen molar-refractivity contribution in [1.29, 1.82) is 0 Å². The molecule has 1 atom stereocenters. The van der Waals surface area contributed by atoms with E-state index in [1.807, 2.05) is 0 Å². The van der Waals surface area contributed by atoms with Crippen LogP contribution in [0.3, 0.4) is 0 Å². The van der Waals surface area contributed by atoms with E-state index in [-0.39, 0.29) is 5.41 Å². The molecule has 2 rings (SSSR count). The Kier molecular flexibility index (Phi) is 4.35. The lowest BCUT2D eigenvalue weighted by molar-refractivity contribution is 0.114.